The van der Waals surface area contributed by atoms with Crippen molar-refractivity contribution in [2.24, 2.45) is 11.8 Å². The minimum atomic E-state index is -0.487. The van der Waals surface area contributed by atoms with Gasteiger partial charge in [0.25, 0.3) is 0 Å². The van der Waals surface area contributed by atoms with Crippen molar-refractivity contribution >= 4 is 0 Å². The van der Waals surface area contributed by atoms with Crippen molar-refractivity contribution < 1.29 is 14.9 Å². The Morgan fingerprint density at radius 2 is 1.96 bits per heavy atom. The van der Waals surface area contributed by atoms with Crippen LogP contribution >= 0.6 is 0 Å². The van der Waals surface area contributed by atoms with Crippen molar-refractivity contribution in [2.45, 2.75) is 51.5 Å². The van der Waals surface area contributed by atoms with E-state index in [9.17, 15) is 10.2 Å². The van der Waals surface area contributed by atoms with Gasteiger partial charge in [-0.3, -0.25) is 0 Å². The van der Waals surface area contributed by atoms with Crippen molar-refractivity contribution in [3.05, 3.63) is 54.1 Å². The third-order valence-electron chi connectivity index (χ3n) is 5.13. The van der Waals surface area contributed by atoms with E-state index in [4.69, 9.17) is 4.74 Å². The quantitative estimate of drug-likeness (QED) is 0.657. The molecule has 1 aromatic carbocycles. The summed E-state index contributed by atoms with van der Waals surface area (Å²) in [5, 5.41) is 23.6. The van der Waals surface area contributed by atoms with Gasteiger partial charge in [0.15, 0.2) is 5.82 Å². The molecule has 1 aliphatic rings. The molecule has 0 spiro atoms. The van der Waals surface area contributed by atoms with Crippen LogP contribution in [-0.4, -0.2) is 45.0 Å². The molecule has 0 amide bonds. The summed E-state index contributed by atoms with van der Waals surface area (Å²) in [6.07, 6.45) is 2.60. The lowest BCUT2D eigenvalue weighted by Crippen LogP contribution is -2.40. The van der Waals surface area contributed by atoms with Gasteiger partial charge in [-0.25, -0.2) is 9.97 Å². The summed E-state index contributed by atoms with van der Waals surface area (Å²) in [6, 6.07) is 12.0. The lowest BCUT2D eigenvalue weighted by Gasteiger charge is -2.26. The van der Waals surface area contributed by atoms with Crippen LogP contribution in [0.2, 0.25) is 0 Å². The van der Waals surface area contributed by atoms with Gasteiger partial charge in [-0.1, -0.05) is 32.0 Å². The molecular formula is C21H29N3O3. The van der Waals surface area contributed by atoms with Crippen LogP contribution in [0.25, 0.3) is 0 Å². The number of benzene rings is 1. The minimum absolute atomic E-state index is 0.0167. The maximum Gasteiger partial charge on any atom is 0.166 e. The fourth-order valence-corrected chi connectivity index (χ4v) is 3.89. The summed E-state index contributed by atoms with van der Waals surface area (Å²) >= 11 is 0. The minimum Gasteiger partial charge on any atom is -0.486 e. The fourth-order valence-electron chi connectivity index (χ4n) is 3.89. The van der Waals surface area contributed by atoms with Crippen LogP contribution in [-0.2, 0) is 13.0 Å². The van der Waals surface area contributed by atoms with E-state index in [1.807, 2.05) is 36.4 Å². The number of para-hydroxylation sites is 1. The Balaban J connectivity index is 1.68. The van der Waals surface area contributed by atoms with E-state index in [0.717, 1.165) is 11.4 Å². The van der Waals surface area contributed by atoms with E-state index in [2.05, 4.69) is 29.1 Å². The number of ether oxygens (including phenoxy) is 1. The zero-order chi connectivity index (χ0) is 19.2. The predicted octanol–water partition coefficient (Wildman–Crippen LogP) is 1.95. The Labute approximate surface area is 160 Å². The van der Waals surface area contributed by atoms with E-state index in [1.54, 1.807) is 6.20 Å². The molecule has 1 aromatic heterocycles. The smallest absolute Gasteiger partial charge is 0.166 e. The molecule has 0 bridgehead atoms. The van der Waals surface area contributed by atoms with Gasteiger partial charge in [-0.05, 0) is 37.0 Å². The molecule has 27 heavy (non-hydrogen) atoms. The number of aliphatic hydroxyl groups excluding tert-OH is 2. The van der Waals surface area contributed by atoms with Gasteiger partial charge >= 0.3 is 0 Å². The zero-order valence-electron chi connectivity index (χ0n) is 16.0. The van der Waals surface area contributed by atoms with Crippen LogP contribution in [0.5, 0.6) is 5.75 Å². The van der Waals surface area contributed by atoms with Crippen molar-refractivity contribution in [3.8, 4) is 5.75 Å². The Kier molecular flexibility index (Phi) is 6.77. The number of hydrogen-bond donors (Lipinski definition) is 3. The molecule has 146 valence electrons. The Morgan fingerprint density at radius 3 is 2.67 bits per heavy atom. The van der Waals surface area contributed by atoms with Crippen molar-refractivity contribution in [1.29, 1.82) is 0 Å². The Hall–Kier alpha value is -2.02. The highest BCUT2D eigenvalue weighted by Gasteiger charge is 2.42. The molecule has 2 aromatic rings. The highest BCUT2D eigenvalue weighted by Crippen LogP contribution is 2.34. The Morgan fingerprint density at radius 1 is 1.19 bits per heavy atom. The van der Waals surface area contributed by atoms with Gasteiger partial charge in [0.05, 0.1) is 6.10 Å². The first-order valence-electron chi connectivity index (χ1n) is 9.60. The van der Waals surface area contributed by atoms with Gasteiger partial charge in [-0.2, -0.15) is 0 Å². The second-order valence-corrected chi connectivity index (χ2v) is 7.51. The normalized spacial score (nSPS) is 25.1. The largest absolute Gasteiger partial charge is 0.486 e. The average molecular weight is 371 g/mol. The third kappa shape index (κ3) is 5.25. The van der Waals surface area contributed by atoms with Gasteiger partial charge in [-0.15, -0.1) is 0 Å². The van der Waals surface area contributed by atoms with Gasteiger partial charge in [0, 0.05) is 36.5 Å². The molecule has 1 fully saturated rings. The second-order valence-electron chi connectivity index (χ2n) is 7.51. The van der Waals surface area contributed by atoms with Gasteiger partial charge in [0.1, 0.15) is 12.4 Å². The monoisotopic (exact) mass is 371 g/mol. The zero-order valence-corrected chi connectivity index (χ0v) is 16.0. The van der Waals surface area contributed by atoms with E-state index in [1.165, 1.54) is 0 Å². The van der Waals surface area contributed by atoms with Crippen LogP contribution < -0.4 is 10.1 Å². The SMILES string of the molecule is CC(C)NC1CC(O)C(CO)C1Cc1ccnc(COc2ccccc2)n1. The molecule has 0 saturated heterocycles. The van der Waals surface area contributed by atoms with Gasteiger partial charge in [0.2, 0.25) is 0 Å². The van der Waals surface area contributed by atoms with E-state index < -0.39 is 6.10 Å². The summed E-state index contributed by atoms with van der Waals surface area (Å²) in [6.45, 7) is 4.48. The fraction of sp³-hybridized carbons (Fsp3) is 0.524. The molecule has 6 heteroatoms. The van der Waals surface area contributed by atoms with Crippen molar-refractivity contribution in [1.82, 2.24) is 15.3 Å². The van der Waals surface area contributed by atoms with Crippen LogP contribution in [0.3, 0.4) is 0 Å². The summed E-state index contributed by atoms with van der Waals surface area (Å²) in [5.41, 5.74) is 0.907. The van der Waals surface area contributed by atoms with Crippen LogP contribution in [0.15, 0.2) is 42.6 Å². The van der Waals surface area contributed by atoms with Crippen LogP contribution in [0.1, 0.15) is 31.8 Å². The van der Waals surface area contributed by atoms with Gasteiger partial charge < -0.3 is 20.3 Å². The molecule has 3 N–H and O–H groups in total. The summed E-state index contributed by atoms with van der Waals surface area (Å²) in [4.78, 5) is 8.93. The van der Waals surface area contributed by atoms with E-state index in [0.29, 0.717) is 31.3 Å². The highest BCUT2D eigenvalue weighted by molar-refractivity contribution is 5.21. The van der Waals surface area contributed by atoms with Crippen molar-refractivity contribution in [3.63, 3.8) is 0 Å². The summed E-state index contributed by atoms with van der Waals surface area (Å²) in [5.74, 6) is 1.40. The average Bonchev–Trinajstić information content (AvgIpc) is 2.94. The molecule has 3 rings (SSSR count). The molecule has 1 saturated carbocycles. The standard InChI is InChI=1S/C21H29N3O3/c1-14(2)23-19-11-20(26)18(12-25)17(19)10-15-8-9-22-21(24-15)13-27-16-6-4-3-5-7-16/h3-9,14,17-20,23,25-26H,10-13H2,1-2H3. The maximum absolute atomic E-state index is 10.3. The molecular weight excluding hydrogens is 342 g/mol. The van der Waals surface area contributed by atoms with Crippen LogP contribution in [0.4, 0.5) is 0 Å². The second kappa shape index (κ2) is 9.26. The molecule has 4 unspecified atom stereocenters. The summed E-state index contributed by atoms with van der Waals surface area (Å²) < 4.78 is 5.73. The number of nitrogens with zero attached hydrogens (tertiary/aromatic N) is 2. The van der Waals surface area contributed by atoms with Crippen LogP contribution in [0, 0.1) is 11.8 Å². The molecule has 6 nitrogen and oxygen atoms in total. The van der Waals surface area contributed by atoms with E-state index in [-0.39, 0.29) is 24.5 Å². The number of rotatable bonds is 8. The molecule has 0 radical (unpaired) electrons. The maximum atomic E-state index is 10.3. The molecule has 0 aliphatic heterocycles. The summed E-state index contributed by atoms with van der Waals surface area (Å²) in [7, 11) is 0. The lowest BCUT2D eigenvalue weighted by molar-refractivity contribution is 0.0715. The van der Waals surface area contributed by atoms with Crippen molar-refractivity contribution in [2.75, 3.05) is 6.61 Å². The molecule has 1 aliphatic carbocycles. The lowest BCUT2D eigenvalue weighted by atomic mass is 9.88. The Bertz CT molecular complexity index is 711. The number of hydrogen-bond acceptors (Lipinski definition) is 6. The number of aliphatic hydroxyl groups is 2. The molecule has 4 atom stereocenters. The highest BCUT2D eigenvalue weighted by atomic mass is 16.5. The first-order valence-corrected chi connectivity index (χ1v) is 9.60. The van der Waals surface area contributed by atoms with E-state index >= 15 is 0 Å². The topological polar surface area (TPSA) is 87.5 Å². The first-order chi connectivity index (χ1) is 13.1. The third-order valence-corrected chi connectivity index (χ3v) is 5.13. The first kappa shape index (κ1) is 19.7. The number of aromatic nitrogens is 2. The molecule has 1 heterocycles. The predicted molar refractivity (Wildman–Crippen MR) is 103 cm³/mol. The number of nitrogens with one attached hydrogen (secondary N) is 1.